The summed E-state index contributed by atoms with van der Waals surface area (Å²) in [4.78, 5) is 5.09. The minimum atomic E-state index is 0.380. The minimum absolute atomic E-state index is 0.380. The Morgan fingerprint density at radius 1 is 0.778 bits per heavy atom. The highest BCUT2D eigenvalue weighted by atomic mass is 15.3. The summed E-state index contributed by atoms with van der Waals surface area (Å²) in [6.45, 7) is 11.4. The normalized spacial score (nSPS) is 22.0. The fraction of sp³-hybridized carbons (Fsp3) is 1.00. The monoisotopic (exact) mass is 256 g/mol. The molecule has 0 aromatic heterocycles. The highest BCUT2D eigenvalue weighted by Gasteiger charge is 2.17. The molecule has 0 aromatic rings. The molecule has 0 aliphatic carbocycles. The Labute approximate surface area is 113 Å². The minimum Gasteiger partial charge on any atom is -0.328 e. The summed E-state index contributed by atoms with van der Waals surface area (Å²) in [6.07, 6.45) is 4.46. The van der Waals surface area contributed by atoms with Gasteiger partial charge in [0.2, 0.25) is 0 Å². The van der Waals surface area contributed by atoms with Gasteiger partial charge in [-0.3, -0.25) is 0 Å². The number of nitrogens with two attached hydrogens (primary N) is 2. The molecule has 1 saturated heterocycles. The molecule has 0 bridgehead atoms. The quantitative estimate of drug-likeness (QED) is 0.676. The van der Waals surface area contributed by atoms with Crippen LogP contribution < -0.4 is 11.5 Å². The van der Waals surface area contributed by atoms with Gasteiger partial charge < -0.3 is 21.3 Å². The van der Waals surface area contributed by atoms with Crippen LogP contribution in [-0.2, 0) is 0 Å². The van der Waals surface area contributed by atoms with Crippen LogP contribution in [0, 0.1) is 0 Å². The van der Waals surface area contributed by atoms with E-state index in [1.54, 1.807) is 0 Å². The van der Waals surface area contributed by atoms with Gasteiger partial charge in [-0.15, -0.1) is 0 Å². The molecule has 4 N–H and O–H groups in total. The molecule has 1 fully saturated rings. The number of hydrogen-bond donors (Lipinski definition) is 2. The van der Waals surface area contributed by atoms with Gasteiger partial charge in [-0.1, -0.05) is 13.8 Å². The zero-order valence-electron chi connectivity index (χ0n) is 12.3. The lowest BCUT2D eigenvalue weighted by Gasteiger charge is -2.35. The summed E-state index contributed by atoms with van der Waals surface area (Å²) in [6, 6.07) is 0.760. The van der Waals surface area contributed by atoms with Crippen molar-refractivity contribution in [1.29, 1.82) is 0 Å². The maximum absolute atomic E-state index is 5.96. The van der Waals surface area contributed by atoms with Crippen LogP contribution in [0.5, 0.6) is 0 Å². The molecule has 1 heterocycles. The van der Waals surface area contributed by atoms with E-state index in [4.69, 9.17) is 11.5 Å². The first-order valence-corrected chi connectivity index (χ1v) is 7.61. The lowest BCUT2D eigenvalue weighted by atomic mass is 10.1. The third-order valence-electron chi connectivity index (χ3n) is 4.15. The molecular formula is C14H32N4. The van der Waals surface area contributed by atoms with Crippen LogP contribution in [0.4, 0.5) is 0 Å². The Kier molecular flexibility index (Phi) is 7.82. The molecule has 1 aliphatic heterocycles. The summed E-state index contributed by atoms with van der Waals surface area (Å²) in [5.41, 5.74) is 11.9. The molecule has 2 atom stereocenters. The van der Waals surface area contributed by atoms with Crippen LogP contribution in [0.25, 0.3) is 0 Å². The zero-order chi connectivity index (χ0) is 13.4. The summed E-state index contributed by atoms with van der Waals surface area (Å²) in [5, 5.41) is 0. The van der Waals surface area contributed by atoms with Crippen LogP contribution in [0.15, 0.2) is 0 Å². The van der Waals surface area contributed by atoms with E-state index in [9.17, 15) is 0 Å². The molecule has 18 heavy (non-hydrogen) atoms. The molecule has 4 heteroatoms. The second kappa shape index (κ2) is 8.86. The van der Waals surface area contributed by atoms with Crippen LogP contribution in [-0.4, -0.2) is 61.2 Å². The smallest absolute Gasteiger partial charge is 0.0110 e. The second-order valence-corrected chi connectivity index (χ2v) is 5.60. The Hall–Kier alpha value is -0.160. The topological polar surface area (TPSA) is 58.5 Å². The summed E-state index contributed by atoms with van der Waals surface area (Å²) in [7, 11) is 0. The summed E-state index contributed by atoms with van der Waals surface area (Å²) < 4.78 is 0. The van der Waals surface area contributed by atoms with Crippen molar-refractivity contribution >= 4 is 0 Å². The fourth-order valence-electron chi connectivity index (χ4n) is 2.34. The molecule has 1 rings (SSSR count). The largest absolute Gasteiger partial charge is 0.328 e. The Morgan fingerprint density at radius 2 is 1.11 bits per heavy atom. The Balaban J connectivity index is 2.09. The predicted molar refractivity (Wildman–Crippen MR) is 78.6 cm³/mol. The average Bonchev–Trinajstić information content (AvgIpc) is 2.43. The van der Waals surface area contributed by atoms with Gasteiger partial charge in [0.1, 0.15) is 0 Å². The van der Waals surface area contributed by atoms with Gasteiger partial charge in [-0.25, -0.2) is 0 Å². The lowest BCUT2D eigenvalue weighted by Crippen LogP contribution is -2.48. The highest BCUT2D eigenvalue weighted by molar-refractivity contribution is 4.74. The van der Waals surface area contributed by atoms with Crippen molar-refractivity contribution in [3.63, 3.8) is 0 Å². The van der Waals surface area contributed by atoms with Gasteiger partial charge in [0.15, 0.2) is 0 Å². The molecule has 1 aliphatic rings. The number of nitrogens with zero attached hydrogens (tertiary/aromatic N) is 2. The van der Waals surface area contributed by atoms with Crippen molar-refractivity contribution in [2.24, 2.45) is 11.5 Å². The van der Waals surface area contributed by atoms with E-state index in [2.05, 4.69) is 23.6 Å². The van der Waals surface area contributed by atoms with Crippen LogP contribution in [0.2, 0.25) is 0 Å². The van der Waals surface area contributed by atoms with Gasteiger partial charge in [-0.2, -0.15) is 0 Å². The number of piperazine rings is 1. The maximum atomic E-state index is 5.96. The Bertz CT molecular complexity index is 180. The number of rotatable bonds is 8. The molecule has 4 nitrogen and oxygen atoms in total. The van der Waals surface area contributed by atoms with Crippen LogP contribution >= 0.6 is 0 Å². The maximum Gasteiger partial charge on any atom is 0.0110 e. The molecule has 0 amide bonds. The molecular weight excluding hydrogens is 224 g/mol. The van der Waals surface area contributed by atoms with E-state index in [0.717, 1.165) is 38.8 Å². The molecule has 0 aromatic carbocycles. The van der Waals surface area contributed by atoms with E-state index in [-0.39, 0.29) is 0 Å². The van der Waals surface area contributed by atoms with Crippen molar-refractivity contribution in [3.8, 4) is 0 Å². The van der Waals surface area contributed by atoms with Crippen molar-refractivity contribution in [1.82, 2.24) is 9.80 Å². The molecule has 0 spiro atoms. The van der Waals surface area contributed by atoms with Crippen LogP contribution in [0.3, 0.4) is 0 Å². The summed E-state index contributed by atoms with van der Waals surface area (Å²) >= 11 is 0. The fourth-order valence-corrected chi connectivity index (χ4v) is 2.34. The van der Waals surface area contributed by atoms with E-state index in [1.165, 1.54) is 26.2 Å². The third-order valence-corrected chi connectivity index (χ3v) is 4.15. The lowest BCUT2D eigenvalue weighted by molar-refractivity contribution is 0.126. The van der Waals surface area contributed by atoms with Crippen molar-refractivity contribution in [2.45, 2.75) is 51.6 Å². The predicted octanol–water partition coefficient (Wildman–Crippen LogP) is 0.859. The van der Waals surface area contributed by atoms with Crippen molar-refractivity contribution in [3.05, 3.63) is 0 Å². The van der Waals surface area contributed by atoms with E-state index in [0.29, 0.717) is 12.1 Å². The summed E-state index contributed by atoms with van der Waals surface area (Å²) in [5.74, 6) is 0. The van der Waals surface area contributed by atoms with E-state index in [1.807, 2.05) is 0 Å². The first-order chi connectivity index (χ1) is 8.65. The molecule has 2 unspecified atom stereocenters. The highest BCUT2D eigenvalue weighted by Crippen LogP contribution is 2.06. The zero-order valence-corrected chi connectivity index (χ0v) is 12.3. The Morgan fingerprint density at radius 3 is 1.39 bits per heavy atom. The SMILES string of the molecule is CCC(N)CCN1CCN(CCC(N)CC)CC1. The van der Waals surface area contributed by atoms with E-state index < -0.39 is 0 Å². The van der Waals surface area contributed by atoms with Crippen LogP contribution in [0.1, 0.15) is 39.5 Å². The van der Waals surface area contributed by atoms with Gasteiger partial charge in [0, 0.05) is 38.3 Å². The first-order valence-electron chi connectivity index (χ1n) is 7.61. The average molecular weight is 256 g/mol. The second-order valence-electron chi connectivity index (χ2n) is 5.60. The van der Waals surface area contributed by atoms with Gasteiger partial charge in [-0.05, 0) is 38.8 Å². The van der Waals surface area contributed by atoms with Crippen molar-refractivity contribution in [2.75, 3.05) is 39.3 Å². The van der Waals surface area contributed by atoms with Gasteiger partial charge >= 0.3 is 0 Å². The third kappa shape index (κ3) is 6.14. The molecule has 108 valence electrons. The van der Waals surface area contributed by atoms with Crippen molar-refractivity contribution < 1.29 is 0 Å². The van der Waals surface area contributed by atoms with E-state index >= 15 is 0 Å². The number of hydrogen-bond acceptors (Lipinski definition) is 4. The van der Waals surface area contributed by atoms with Gasteiger partial charge in [0.25, 0.3) is 0 Å². The molecule has 0 saturated carbocycles. The van der Waals surface area contributed by atoms with Gasteiger partial charge in [0.05, 0.1) is 0 Å². The molecule has 0 radical (unpaired) electrons. The standard InChI is InChI=1S/C14H32N4/c1-3-13(15)5-7-17-9-11-18(12-10-17)8-6-14(16)4-2/h13-14H,3-12,15-16H2,1-2H3. The first kappa shape index (κ1) is 15.9.